The van der Waals surface area contributed by atoms with Crippen molar-refractivity contribution in [2.24, 2.45) is 0 Å². The van der Waals surface area contributed by atoms with Gasteiger partial charge in [0.15, 0.2) is 12.2 Å². The molecule has 0 aromatic carbocycles. The fourth-order valence-corrected chi connectivity index (χ4v) is 1.60. The quantitative estimate of drug-likeness (QED) is 0.147. The van der Waals surface area contributed by atoms with E-state index in [1.165, 1.54) is 0 Å². The van der Waals surface area contributed by atoms with Gasteiger partial charge in [0.05, 0.1) is 0 Å². The van der Waals surface area contributed by atoms with E-state index in [9.17, 15) is 30.0 Å². The molecule has 0 heterocycles. The highest BCUT2D eigenvalue weighted by Crippen LogP contribution is 2.07. The van der Waals surface area contributed by atoms with Crippen LogP contribution in [0, 0.1) is 0 Å². The topological polar surface area (TPSA) is 260 Å². The Labute approximate surface area is 146 Å². The van der Waals surface area contributed by atoms with E-state index in [-0.39, 0.29) is 0 Å². The lowest BCUT2D eigenvalue weighted by molar-refractivity contribution is -0.314. The number of carbonyl (C=O) groups is 2. The number of amides is 2. The molecule has 26 heavy (non-hydrogen) atoms. The lowest BCUT2D eigenvalue weighted by atomic mass is 10.0. The molecule has 0 radical (unpaired) electrons. The lowest BCUT2D eigenvalue weighted by Gasteiger charge is -2.26. The second kappa shape index (κ2) is 10.0. The van der Waals surface area contributed by atoms with Gasteiger partial charge in [-0.05, 0) is 0 Å². The molecule has 0 aliphatic heterocycles. The molecule has 0 aromatic heterocycles. The van der Waals surface area contributed by atoms with Crippen LogP contribution in [0.4, 0.5) is 0 Å². The summed E-state index contributed by atoms with van der Waals surface area (Å²) < 4.78 is 0. The van der Waals surface area contributed by atoms with Gasteiger partial charge in [-0.1, -0.05) is 0 Å². The summed E-state index contributed by atoms with van der Waals surface area (Å²) in [5.74, 6) is -8.75. The largest absolute Gasteiger partial charge is 0.387 e. The van der Waals surface area contributed by atoms with Gasteiger partial charge in [0, 0.05) is 25.9 Å². The molecule has 4 atom stereocenters. The van der Waals surface area contributed by atoms with E-state index in [0.717, 1.165) is 0 Å². The molecule has 0 saturated carbocycles. The summed E-state index contributed by atoms with van der Waals surface area (Å²) in [5, 5.41) is 93.7. The van der Waals surface area contributed by atoms with E-state index < -0.39 is 74.1 Å². The fraction of sp³-hybridized carbons (Fsp3) is 0.833. The van der Waals surface area contributed by atoms with Crippen LogP contribution in [-0.4, -0.2) is 112 Å². The monoisotopic (exact) mass is 388 g/mol. The Morgan fingerprint density at radius 1 is 0.654 bits per heavy atom. The first-order valence-corrected chi connectivity index (χ1v) is 7.27. The highest BCUT2D eigenvalue weighted by molar-refractivity contribution is 5.83. The third kappa shape index (κ3) is 9.88. The number of nitrogens with one attached hydrogen (secondary N) is 2. The predicted molar refractivity (Wildman–Crippen MR) is 78.1 cm³/mol. The van der Waals surface area contributed by atoms with Crippen LogP contribution in [0.5, 0.6) is 0 Å². The Morgan fingerprint density at radius 2 is 0.923 bits per heavy atom. The van der Waals surface area contributed by atoms with E-state index in [1.54, 1.807) is 0 Å². The second-order valence-electron chi connectivity index (χ2n) is 5.50. The van der Waals surface area contributed by atoms with Gasteiger partial charge < -0.3 is 61.7 Å². The summed E-state index contributed by atoms with van der Waals surface area (Å²) in [4.78, 5) is 23.0. The van der Waals surface area contributed by atoms with Crippen LogP contribution in [0.15, 0.2) is 0 Å². The van der Waals surface area contributed by atoms with Crippen molar-refractivity contribution in [2.75, 3.05) is 13.1 Å². The predicted octanol–water partition coefficient (Wildman–Crippen LogP) is -7.30. The van der Waals surface area contributed by atoms with Gasteiger partial charge >= 0.3 is 0 Å². The van der Waals surface area contributed by atoms with Crippen LogP contribution in [0.25, 0.3) is 0 Å². The average Bonchev–Trinajstić information content (AvgIpc) is 2.49. The van der Waals surface area contributed by atoms with E-state index in [1.807, 2.05) is 10.6 Å². The SMILES string of the molecule is O=C(NCCC(O)(O)O)C(O)C(O)C(O)C(O)C(=O)NCCC(O)(O)O. The van der Waals surface area contributed by atoms with Crippen LogP contribution in [0.1, 0.15) is 12.8 Å². The zero-order valence-corrected chi connectivity index (χ0v) is 13.4. The maximum atomic E-state index is 11.5. The van der Waals surface area contributed by atoms with Gasteiger partial charge in [-0.2, -0.15) is 0 Å². The normalized spacial score (nSPS) is 17.2. The van der Waals surface area contributed by atoms with Crippen molar-refractivity contribution in [3.8, 4) is 0 Å². The van der Waals surface area contributed by atoms with Gasteiger partial charge in [-0.15, -0.1) is 0 Å². The standard InChI is InChI=1S/C12H24N2O12/c15-5(7(17)9(19)13-3-1-11(21,22)23)6(16)8(18)10(20)14-4-2-12(24,25)26/h5-8,15-18,21-26H,1-4H2,(H,13,19)(H,14,20). The molecule has 14 heteroatoms. The Hall–Kier alpha value is -1.46. The first-order chi connectivity index (χ1) is 11.7. The molecule has 0 aliphatic rings. The van der Waals surface area contributed by atoms with Crippen LogP contribution in [0.3, 0.4) is 0 Å². The molecule has 0 fully saturated rings. The first kappa shape index (κ1) is 24.5. The third-order valence-corrected chi connectivity index (χ3v) is 3.05. The molecular weight excluding hydrogens is 364 g/mol. The fourth-order valence-electron chi connectivity index (χ4n) is 1.60. The minimum Gasteiger partial charge on any atom is -0.387 e. The Balaban J connectivity index is 4.50. The van der Waals surface area contributed by atoms with Crippen LogP contribution < -0.4 is 10.6 Å². The smallest absolute Gasteiger partial charge is 0.277 e. The summed E-state index contributed by atoms with van der Waals surface area (Å²) >= 11 is 0. The molecule has 4 unspecified atom stereocenters. The molecule has 0 spiro atoms. The van der Waals surface area contributed by atoms with Gasteiger partial charge in [0.25, 0.3) is 23.8 Å². The lowest BCUT2D eigenvalue weighted by Crippen LogP contribution is -2.55. The molecular formula is C12H24N2O12. The van der Waals surface area contributed by atoms with Crippen molar-refractivity contribution in [1.82, 2.24) is 10.6 Å². The van der Waals surface area contributed by atoms with Crippen molar-refractivity contribution in [3.05, 3.63) is 0 Å². The average molecular weight is 388 g/mol. The Morgan fingerprint density at radius 3 is 1.15 bits per heavy atom. The summed E-state index contributed by atoms with van der Waals surface area (Å²) in [6.07, 6.45) is -10.8. The summed E-state index contributed by atoms with van der Waals surface area (Å²) in [7, 11) is 0. The van der Waals surface area contributed by atoms with E-state index >= 15 is 0 Å². The van der Waals surface area contributed by atoms with Gasteiger partial charge in [-0.3, -0.25) is 9.59 Å². The van der Waals surface area contributed by atoms with Crippen LogP contribution in [-0.2, 0) is 9.59 Å². The molecule has 0 rings (SSSR count). The van der Waals surface area contributed by atoms with Gasteiger partial charge in [-0.25, -0.2) is 0 Å². The third-order valence-electron chi connectivity index (χ3n) is 3.05. The van der Waals surface area contributed by atoms with Crippen molar-refractivity contribution < 1.29 is 60.7 Å². The number of hydrogen-bond acceptors (Lipinski definition) is 12. The van der Waals surface area contributed by atoms with E-state index in [4.69, 9.17) is 30.6 Å². The zero-order valence-electron chi connectivity index (χ0n) is 13.4. The van der Waals surface area contributed by atoms with Crippen molar-refractivity contribution in [2.45, 2.75) is 49.2 Å². The molecule has 0 aliphatic carbocycles. The second-order valence-corrected chi connectivity index (χ2v) is 5.50. The Bertz CT molecular complexity index is 418. The van der Waals surface area contributed by atoms with Crippen molar-refractivity contribution >= 4 is 11.8 Å². The number of aliphatic hydroxyl groups is 10. The summed E-state index contributed by atoms with van der Waals surface area (Å²) in [5.41, 5.74) is 0. The molecule has 14 nitrogen and oxygen atoms in total. The molecule has 0 bridgehead atoms. The highest BCUT2D eigenvalue weighted by atomic mass is 16.7. The Kier molecular flexibility index (Phi) is 9.46. The molecule has 2 amide bonds. The molecule has 12 N–H and O–H groups in total. The molecule has 0 saturated heterocycles. The summed E-state index contributed by atoms with van der Waals surface area (Å²) in [6.45, 7) is -1.06. The van der Waals surface area contributed by atoms with E-state index in [2.05, 4.69) is 0 Å². The maximum absolute atomic E-state index is 11.5. The first-order valence-electron chi connectivity index (χ1n) is 7.27. The number of rotatable bonds is 11. The van der Waals surface area contributed by atoms with Crippen LogP contribution >= 0.6 is 0 Å². The van der Waals surface area contributed by atoms with Gasteiger partial charge in [0.2, 0.25) is 0 Å². The van der Waals surface area contributed by atoms with Crippen molar-refractivity contribution in [1.29, 1.82) is 0 Å². The molecule has 154 valence electrons. The van der Waals surface area contributed by atoms with Crippen LogP contribution in [0.2, 0.25) is 0 Å². The van der Waals surface area contributed by atoms with Gasteiger partial charge in [0.1, 0.15) is 12.2 Å². The van der Waals surface area contributed by atoms with Crippen molar-refractivity contribution in [3.63, 3.8) is 0 Å². The zero-order chi connectivity index (χ0) is 20.7. The molecule has 0 aromatic rings. The summed E-state index contributed by atoms with van der Waals surface area (Å²) in [6, 6.07) is 0. The number of hydrogen-bond donors (Lipinski definition) is 12. The van der Waals surface area contributed by atoms with E-state index in [0.29, 0.717) is 0 Å². The number of aliphatic hydroxyl groups excluding tert-OH is 4. The minimum atomic E-state index is -3.07. The highest BCUT2D eigenvalue weighted by Gasteiger charge is 2.37. The number of carbonyl (C=O) groups excluding carboxylic acids is 2. The minimum absolute atomic E-state index is 0.531. The maximum Gasteiger partial charge on any atom is 0.277 e.